The van der Waals surface area contributed by atoms with Gasteiger partial charge in [-0.1, -0.05) is 31.0 Å². The quantitative estimate of drug-likeness (QED) is 0.325. The van der Waals surface area contributed by atoms with Gasteiger partial charge in [0.2, 0.25) is 5.91 Å². The number of carbonyl (C=O) groups excluding carboxylic acids is 1. The van der Waals surface area contributed by atoms with Crippen molar-refractivity contribution in [1.29, 1.82) is 0 Å². The second kappa shape index (κ2) is 13.4. The van der Waals surface area contributed by atoms with Gasteiger partial charge in [0, 0.05) is 78.2 Å². The van der Waals surface area contributed by atoms with E-state index in [0.717, 1.165) is 89.8 Å². The zero-order valence-corrected chi connectivity index (χ0v) is 22.3. The van der Waals surface area contributed by atoms with Crippen molar-refractivity contribution in [2.24, 2.45) is 10.9 Å². The molecule has 1 aromatic carbocycles. The van der Waals surface area contributed by atoms with Crippen LogP contribution in [-0.2, 0) is 4.79 Å². The summed E-state index contributed by atoms with van der Waals surface area (Å²) in [6.07, 6.45) is 6.92. The van der Waals surface area contributed by atoms with Crippen LogP contribution >= 0.6 is 24.0 Å². The molecule has 2 aliphatic heterocycles. The number of amides is 1. The fourth-order valence-corrected chi connectivity index (χ4v) is 5.16. The van der Waals surface area contributed by atoms with E-state index < -0.39 is 0 Å². The number of likely N-dealkylation sites (tertiary alicyclic amines) is 1. The third-order valence-electron chi connectivity index (χ3n) is 7.10. The Balaban J connectivity index is 0.00000306. The minimum atomic E-state index is 0. The van der Waals surface area contributed by atoms with Crippen molar-refractivity contribution in [2.45, 2.75) is 44.6 Å². The first kappa shape index (κ1) is 26.1. The summed E-state index contributed by atoms with van der Waals surface area (Å²) < 4.78 is 6.11. The number of para-hydroxylation sites is 1. The number of hydrogen-bond acceptors (Lipinski definition) is 4. The van der Waals surface area contributed by atoms with Crippen molar-refractivity contribution in [1.82, 2.24) is 20.0 Å². The summed E-state index contributed by atoms with van der Waals surface area (Å²) in [4.78, 5) is 24.0. The van der Waals surface area contributed by atoms with E-state index in [2.05, 4.69) is 25.0 Å². The molecule has 0 spiro atoms. The highest BCUT2D eigenvalue weighted by Gasteiger charge is 2.29. The Bertz CT molecular complexity index is 740. The maximum absolute atomic E-state index is 12.6. The van der Waals surface area contributed by atoms with Crippen LogP contribution in [0.1, 0.15) is 38.5 Å². The Morgan fingerprint density at radius 2 is 1.64 bits per heavy atom. The molecule has 2 heterocycles. The Morgan fingerprint density at radius 1 is 0.970 bits per heavy atom. The molecule has 7 nitrogen and oxygen atoms in total. The number of nitrogens with one attached hydrogen (secondary N) is 1. The van der Waals surface area contributed by atoms with Gasteiger partial charge in [-0.3, -0.25) is 14.7 Å². The zero-order valence-electron chi connectivity index (χ0n) is 20.0. The number of benzene rings is 1. The number of hydrogen-bond donors (Lipinski definition) is 1. The molecule has 1 N–H and O–H groups in total. The van der Waals surface area contributed by atoms with Crippen LogP contribution < -0.4 is 10.1 Å². The zero-order chi connectivity index (χ0) is 22.2. The van der Waals surface area contributed by atoms with Gasteiger partial charge in [-0.05, 0) is 25.0 Å². The molecule has 1 aliphatic carbocycles. The van der Waals surface area contributed by atoms with Gasteiger partial charge in [0.15, 0.2) is 5.96 Å². The summed E-state index contributed by atoms with van der Waals surface area (Å²) in [6.45, 7) is 7.47. The van der Waals surface area contributed by atoms with Gasteiger partial charge in [-0.25, -0.2) is 0 Å². The minimum Gasteiger partial charge on any atom is -0.490 e. The number of guanidine groups is 1. The lowest BCUT2D eigenvalue weighted by Gasteiger charge is -2.37. The summed E-state index contributed by atoms with van der Waals surface area (Å²) in [5.41, 5.74) is 0. The Labute approximate surface area is 215 Å². The number of piperazine rings is 1. The van der Waals surface area contributed by atoms with Gasteiger partial charge < -0.3 is 19.9 Å². The highest BCUT2D eigenvalue weighted by atomic mass is 127. The van der Waals surface area contributed by atoms with Crippen LogP contribution in [0.2, 0.25) is 0 Å². The van der Waals surface area contributed by atoms with E-state index in [1.165, 1.54) is 12.8 Å². The molecule has 33 heavy (non-hydrogen) atoms. The second-order valence-corrected chi connectivity index (χ2v) is 9.24. The SMILES string of the molecule is CN=C(NCCN1CCN(C(=O)C2CCCC2)CC1)N1CCC(Oc2ccccc2)CC1.I. The fraction of sp³-hybridized carbons (Fsp3) is 0.680. The van der Waals surface area contributed by atoms with Crippen LogP contribution in [0.4, 0.5) is 0 Å². The lowest BCUT2D eigenvalue weighted by Crippen LogP contribution is -2.52. The molecular formula is C25H40IN5O2. The first-order valence-corrected chi connectivity index (χ1v) is 12.4. The van der Waals surface area contributed by atoms with E-state index in [9.17, 15) is 4.79 Å². The Morgan fingerprint density at radius 3 is 2.27 bits per heavy atom. The number of halogens is 1. The summed E-state index contributed by atoms with van der Waals surface area (Å²) in [5.74, 6) is 2.64. The number of nitrogens with zero attached hydrogens (tertiary/aromatic N) is 4. The molecule has 2 saturated heterocycles. The molecule has 4 rings (SSSR count). The molecule has 1 amide bonds. The van der Waals surface area contributed by atoms with Crippen molar-refractivity contribution in [2.75, 3.05) is 59.4 Å². The Kier molecular flexibility index (Phi) is 10.6. The van der Waals surface area contributed by atoms with Crippen molar-refractivity contribution >= 4 is 35.8 Å². The summed E-state index contributed by atoms with van der Waals surface area (Å²) in [5, 5.41) is 3.54. The van der Waals surface area contributed by atoms with Crippen molar-refractivity contribution in [3.63, 3.8) is 0 Å². The van der Waals surface area contributed by atoms with Crippen molar-refractivity contribution in [3.8, 4) is 5.75 Å². The third kappa shape index (κ3) is 7.47. The van der Waals surface area contributed by atoms with Gasteiger partial charge in [0.1, 0.15) is 11.9 Å². The maximum atomic E-state index is 12.6. The largest absolute Gasteiger partial charge is 0.490 e. The average Bonchev–Trinajstić information content (AvgIpc) is 3.38. The normalized spacial score (nSPS) is 21.1. The molecule has 3 aliphatic rings. The van der Waals surface area contributed by atoms with Crippen LogP contribution in [0.3, 0.4) is 0 Å². The van der Waals surface area contributed by atoms with Crippen LogP contribution in [0.15, 0.2) is 35.3 Å². The highest BCUT2D eigenvalue weighted by Crippen LogP contribution is 2.27. The van der Waals surface area contributed by atoms with Crippen LogP contribution in [0.5, 0.6) is 5.75 Å². The molecule has 3 fully saturated rings. The molecular weight excluding hydrogens is 529 g/mol. The number of piperidine rings is 1. The monoisotopic (exact) mass is 569 g/mol. The van der Waals surface area contributed by atoms with Gasteiger partial charge in [0.25, 0.3) is 0 Å². The van der Waals surface area contributed by atoms with Crippen molar-refractivity contribution in [3.05, 3.63) is 30.3 Å². The average molecular weight is 570 g/mol. The minimum absolute atomic E-state index is 0. The van der Waals surface area contributed by atoms with E-state index in [0.29, 0.717) is 11.8 Å². The molecule has 8 heteroatoms. The van der Waals surface area contributed by atoms with E-state index in [4.69, 9.17) is 4.74 Å². The predicted molar refractivity (Wildman–Crippen MR) is 143 cm³/mol. The first-order chi connectivity index (χ1) is 15.7. The molecule has 1 aromatic rings. The number of rotatable bonds is 6. The summed E-state index contributed by atoms with van der Waals surface area (Å²) >= 11 is 0. The third-order valence-corrected chi connectivity index (χ3v) is 7.10. The van der Waals surface area contributed by atoms with Crippen LogP contribution in [-0.4, -0.2) is 92.1 Å². The molecule has 1 saturated carbocycles. The van der Waals surface area contributed by atoms with E-state index in [-0.39, 0.29) is 30.1 Å². The van der Waals surface area contributed by atoms with E-state index in [1.54, 1.807) is 0 Å². The second-order valence-electron chi connectivity index (χ2n) is 9.24. The van der Waals surface area contributed by atoms with E-state index in [1.807, 2.05) is 37.4 Å². The van der Waals surface area contributed by atoms with Crippen molar-refractivity contribution < 1.29 is 9.53 Å². The fourth-order valence-electron chi connectivity index (χ4n) is 5.16. The number of carbonyl (C=O) groups is 1. The lowest BCUT2D eigenvalue weighted by molar-refractivity contribution is -0.137. The first-order valence-electron chi connectivity index (χ1n) is 12.4. The smallest absolute Gasteiger partial charge is 0.225 e. The lowest BCUT2D eigenvalue weighted by atomic mass is 10.1. The van der Waals surface area contributed by atoms with Gasteiger partial charge in [0.05, 0.1) is 0 Å². The maximum Gasteiger partial charge on any atom is 0.225 e. The molecule has 0 aromatic heterocycles. The van der Waals surface area contributed by atoms with Gasteiger partial charge in [-0.15, -0.1) is 24.0 Å². The van der Waals surface area contributed by atoms with Gasteiger partial charge in [-0.2, -0.15) is 0 Å². The molecule has 0 unspecified atom stereocenters. The molecule has 184 valence electrons. The topological polar surface area (TPSA) is 60.4 Å². The summed E-state index contributed by atoms with van der Waals surface area (Å²) in [7, 11) is 1.86. The standard InChI is InChI=1S/C25H39N5O2.HI/c1-26-25(30-14-11-23(12-15-30)32-22-9-3-2-4-10-22)27-13-16-28-17-19-29(20-18-28)24(31)21-7-5-6-8-21;/h2-4,9-10,21,23H,5-8,11-20H2,1H3,(H,26,27);1H. The van der Waals surface area contributed by atoms with Crippen LogP contribution in [0, 0.1) is 5.92 Å². The molecule has 0 radical (unpaired) electrons. The molecule has 0 bridgehead atoms. The predicted octanol–water partition coefficient (Wildman–Crippen LogP) is 3.06. The van der Waals surface area contributed by atoms with Crippen LogP contribution in [0.25, 0.3) is 0 Å². The summed E-state index contributed by atoms with van der Waals surface area (Å²) in [6, 6.07) is 10.1. The Hall–Kier alpha value is -1.55. The van der Waals surface area contributed by atoms with Gasteiger partial charge >= 0.3 is 0 Å². The van der Waals surface area contributed by atoms with E-state index >= 15 is 0 Å². The highest BCUT2D eigenvalue weighted by molar-refractivity contribution is 14.0. The molecule has 0 atom stereocenters. The number of ether oxygens (including phenoxy) is 1. The number of aliphatic imine (C=N–C) groups is 1.